The van der Waals surface area contributed by atoms with Crippen molar-refractivity contribution in [2.24, 2.45) is 10.8 Å². The van der Waals surface area contributed by atoms with Crippen molar-refractivity contribution in [2.45, 2.75) is 6.54 Å². The molecule has 0 aliphatic carbocycles. The Morgan fingerprint density at radius 1 is 1.09 bits per heavy atom. The molecule has 0 spiro atoms. The summed E-state index contributed by atoms with van der Waals surface area (Å²) in [6.45, 7) is 0.549. The average Bonchev–Trinajstić information content (AvgIpc) is 3.11. The first-order valence-electron chi connectivity index (χ1n) is 6.92. The number of hydrazone groups is 1. The second kappa shape index (κ2) is 6.69. The third-order valence-electron chi connectivity index (χ3n) is 3.22. The van der Waals surface area contributed by atoms with E-state index in [9.17, 15) is 0 Å². The molecule has 0 aliphatic rings. The maximum atomic E-state index is 5.57. The summed E-state index contributed by atoms with van der Waals surface area (Å²) in [7, 11) is 0. The maximum Gasteiger partial charge on any atom is 0.181 e. The Morgan fingerprint density at radius 2 is 1.86 bits per heavy atom. The standard InChI is InChI=1S/C17H16N4O/c18-9-13-1-3-14(4-2-13)10-20-21-16-7-5-15(6-8-16)17-11-19-12-22-17/h1-8,10-12,21H,9,18H2/b20-10+. The molecule has 0 atom stereocenters. The quantitative estimate of drug-likeness (QED) is 0.559. The zero-order valence-corrected chi connectivity index (χ0v) is 11.9. The van der Waals surface area contributed by atoms with Gasteiger partial charge in [-0.1, -0.05) is 24.3 Å². The number of hydrogen-bond acceptors (Lipinski definition) is 5. The number of oxazole rings is 1. The highest BCUT2D eigenvalue weighted by Crippen LogP contribution is 2.20. The lowest BCUT2D eigenvalue weighted by atomic mass is 10.1. The van der Waals surface area contributed by atoms with Crippen LogP contribution in [0.1, 0.15) is 11.1 Å². The van der Waals surface area contributed by atoms with E-state index in [1.165, 1.54) is 6.39 Å². The van der Waals surface area contributed by atoms with Gasteiger partial charge in [-0.15, -0.1) is 0 Å². The van der Waals surface area contributed by atoms with Crippen molar-refractivity contribution in [1.29, 1.82) is 0 Å². The van der Waals surface area contributed by atoms with Crippen LogP contribution >= 0.6 is 0 Å². The van der Waals surface area contributed by atoms with Crippen LogP contribution < -0.4 is 11.2 Å². The fourth-order valence-electron chi connectivity index (χ4n) is 1.99. The van der Waals surface area contributed by atoms with Gasteiger partial charge in [-0.25, -0.2) is 4.98 Å². The van der Waals surface area contributed by atoms with Crippen LogP contribution in [-0.2, 0) is 6.54 Å². The first-order chi connectivity index (χ1) is 10.8. The Labute approximate surface area is 128 Å². The normalized spacial score (nSPS) is 11.0. The van der Waals surface area contributed by atoms with Crippen LogP contribution in [0, 0.1) is 0 Å². The summed E-state index contributed by atoms with van der Waals surface area (Å²) in [6, 6.07) is 15.7. The van der Waals surface area contributed by atoms with Crippen LogP contribution in [0.15, 0.2) is 70.6 Å². The Kier molecular flexibility index (Phi) is 4.27. The molecule has 0 amide bonds. The molecule has 0 saturated carbocycles. The van der Waals surface area contributed by atoms with Gasteiger partial charge in [0.2, 0.25) is 0 Å². The third-order valence-corrected chi connectivity index (χ3v) is 3.22. The summed E-state index contributed by atoms with van der Waals surface area (Å²) in [5.74, 6) is 0.745. The molecule has 0 bridgehead atoms. The summed E-state index contributed by atoms with van der Waals surface area (Å²) >= 11 is 0. The van der Waals surface area contributed by atoms with E-state index in [2.05, 4.69) is 15.5 Å². The molecule has 2 aromatic carbocycles. The van der Waals surface area contributed by atoms with Gasteiger partial charge in [-0.05, 0) is 35.4 Å². The number of rotatable bonds is 5. The van der Waals surface area contributed by atoms with Gasteiger partial charge in [0.1, 0.15) is 0 Å². The van der Waals surface area contributed by atoms with E-state index in [1.54, 1.807) is 12.4 Å². The molecule has 22 heavy (non-hydrogen) atoms. The smallest absolute Gasteiger partial charge is 0.181 e. The maximum absolute atomic E-state index is 5.57. The molecule has 5 nitrogen and oxygen atoms in total. The van der Waals surface area contributed by atoms with Crippen molar-refractivity contribution < 1.29 is 4.42 Å². The number of anilines is 1. The fraction of sp³-hybridized carbons (Fsp3) is 0.0588. The van der Waals surface area contributed by atoms with Crippen LogP contribution in [-0.4, -0.2) is 11.2 Å². The van der Waals surface area contributed by atoms with Gasteiger partial charge >= 0.3 is 0 Å². The Bertz CT molecular complexity index is 731. The molecule has 0 aliphatic heterocycles. The largest absolute Gasteiger partial charge is 0.444 e. The minimum atomic E-state index is 0.549. The lowest BCUT2D eigenvalue weighted by Gasteiger charge is -2.02. The van der Waals surface area contributed by atoms with Crippen molar-refractivity contribution in [3.63, 3.8) is 0 Å². The van der Waals surface area contributed by atoms with Crippen LogP contribution in [0.5, 0.6) is 0 Å². The molecular formula is C17H16N4O. The SMILES string of the molecule is NCc1ccc(/C=N/Nc2ccc(-c3cnco3)cc2)cc1. The van der Waals surface area contributed by atoms with Gasteiger partial charge in [0, 0.05) is 12.1 Å². The monoisotopic (exact) mass is 292 g/mol. The topological polar surface area (TPSA) is 76.4 Å². The molecule has 5 heteroatoms. The van der Waals surface area contributed by atoms with Gasteiger partial charge in [-0.3, -0.25) is 5.43 Å². The number of nitrogens with two attached hydrogens (primary N) is 1. The van der Waals surface area contributed by atoms with Gasteiger partial charge in [-0.2, -0.15) is 5.10 Å². The van der Waals surface area contributed by atoms with Crippen molar-refractivity contribution >= 4 is 11.9 Å². The molecule has 0 fully saturated rings. The van der Waals surface area contributed by atoms with Crippen LogP contribution in [0.2, 0.25) is 0 Å². The van der Waals surface area contributed by atoms with Gasteiger partial charge in [0.25, 0.3) is 0 Å². The van der Waals surface area contributed by atoms with Gasteiger partial charge in [0.15, 0.2) is 12.2 Å². The first kappa shape index (κ1) is 14.0. The van der Waals surface area contributed by atoms with E-state index in [1.807, 2.05) is 48.5 Å². The van der Waals surface area contributed by atoms with E-state index < -0.39 is 0 Å². The highest BCUT2D eigenvalue weighted by atomic mass is 16.3. The fourth-order valence-corrected chi connectivity index (χ4v) is 1.99. The highest BCUT2D eigenvalue weighted by Gasteiger charge is 2.00. The summed E-state index contributed by atoms with van der Waals surface area (Å²) in [5, 5.41) is 4.22. The van der Waals surface area contributed by atoms with Crippen LogP contribution in [0.4, 0.5) is 5.69 Å². The van der Waals surface area contributed by atoms with E-state index in [0.717, 1.165) is 28.1 Å². The predicted molar refractivity (Wildman–Crippen MR) is 87.5 cm³/mol. The molecule has 3 N–H and O–H groups in total. The van der Waals surface area contributed by atoms with Crippen LogP contribution in [0.3, 0.4) is 0 Å². The van der Waals surface area contributed by atoms with Gasteiger partial charge < -0.3 is 10.2 Å². The second-order valence-electron chi connectivity index (χ2n) is 4.76. The Hall–Kier alpha value is -2.92. The lowest BCUT2D eigenvalue weighted by molar-refractivity contribution is 0.572. The molecule has 0 unspecified atom stereocenters. The summed E-state index contributed by atoms with van der Waals surface area (Å²) in [5.41, 5.74) is 12.6. The number of benzene rings is 2. The van der Waals surface area contributed by atoms with Crippen LogP contribution in [0.25, 0.3) is 11.3 Å². The molecule has 0 radical (unpaired) electrons. The van der Waals surface area contributed by atoms with E-state index in [0.29, 0.717) is 6.54 Å². The predicted octanol–water partition coefficient (Wildman–Crippen LogP) is 3.25. The van der Waals surface area contributed by atoms with E-state index >= 15 is 0 Å². The number of nitrogens with zero attached hydrogens (tertiary/aromatic N) is 2. The summed E-state index contributed by atoms with van der Waals surface area (Å²) in [6.07, 6.45) is 4.87. The molecule has 3 rings (SSSR count). The zero-order chi connectivity index (χ0) is 15.2. The highest BCUT2D eigenvalue weighted by molar-refractivity contribution is 5.80. The number of nitrogens with one attached hydrogen (secondary N) is 1. The second-order valence-corrected chi connectivity index (χ2v) is 4.76. The summed E-state index contributed by atoms with van der Waals surface area (Å²) < 4.78 is 5.25. The first-order valence-corrected chi connectivity index (χ1v) is 6.92. The van der Waals surface area contributed by atoms with Crippen molar-refractivity contribution in [1.82, 2.24) is 4.98 Å². The lowest BCUT2D eigenvalue weighted by Crippen LogP contribution is -1.96. The van der Waals surface area contributed by atoms with Crippen molar-refractivity contribution in [3.8, 4) is 11.3 Å². The third kappa shape index (κ3) is 3.39. The number of aromatic nitrogens is 1. The van der Waals surface area contributed by atoms with Crippen molar-refractivity contribution in [3.05, 3.63) is 72.2 Å². The molecule has 0 saturated heterocycles. The Balaban J connectivity index is 1.62. The molecule has 1 aromatic heterocycles. The molecule has 110 valence electrons. The molecular weight excluding hydrogens is 276 g/mol. The Morgan fingerprint density at radius 3 is 2.50 bits per heavy atom. The zero-order valence-electron chi connectivity index (χ0n) is 11.9. The molecule has 3 aromatic rings. The minimum Gasteiger partial charge on any atom is -0.444 e. The van der Waals surface area contributed by atoms with E-state index in [-0.39, 0.29) is 0 Å². The average molecular weight is 292 g/mol. The molecule has 1 heterocycles. The van der Waals surface area contributed by atoms with E-state index in [4.69, 9.17) is 10.2 Å². The minimum absolute atomic E-state index is 0.549. The summed E-state index contributed by atoms with van der Waals surface area (Å²) in [4.78, 5) is 3.90. The van der Waals surface area contributed by atoms with Gasteiger partial charge in [0.05, 0.1) is 18.1 Å². The van der Waals surface area contributed by atoms with Crippen molar-refractivity contribution in [2.75, 3.05) is 5.43 Å². The number of hydrogen-bond donors (Lipinski definition) is 2.